The number of hydrogen-bond donors (Lipinski definition) is 1. The van der Waals surface area contributed by atoms with E-state index in [-0.39, 0.29) is 17.9 Å². The third-order valence-electron chi connectivity index (χ3n) is 5.42. The first-order chi connectivity index (χ1) is 14.9. The number of benzene rings is 1. The monoisotopic (exact) mass is 416 g/mol. The summed E-state index contributed by atoms with van der Waals surface area (Å²) in [5.74, 6) is 0.801. The number of amides is 2. The number of aryl methyl sites for hydroxylation is 3. The number of aromatic nitrogens is 4. The van der Waals surface area contributed by atoms with Gasteiger partial charge in [-0.25, -0.2) is 19.9 Å². The Kier molecular flexibility index (Phi) is 5.70. The molecule has 3 aromatic rings. The second-order valence-corrected chi connectivity index (χ2v) is 7.62. The van der Waals surface area contributed by atoms with E-state index >= 15 is 0 Å². The van der Waals surface area contributed by atoms with Crippen LogP contribution in [0.5, 0.6) is 0 Å². The molecule has 0 saturated carbocycles. The van der Waals surface area contributed by atoms with Crippen LogP contribution in [-0.4, -0.2) is 43.2 Å². The first-order valence-electron chi connectivity index (χ1n) is 10.2. The zero-order valence-electron chi connectivity index (χ0n) is 17.8. The van der Waals surface area contributed by atoms with Crippen molar-refractivity contribution in [3.8, 4) is 0 Å². The summed E-state index contributed by atoms with van der Waals surface area (Å²) in [7, 11) is 0. The van der Waals surface area contributed by atoms with Gasteiger partial charge in [0, 0.05) is 24.6 Å². The molecule has 1 N–H and O–H groups in total. The predicted molar refractivity (Wildman–Crippen MR) is 116 cm³/mol. The maximum Gasteiger partial charge on any atom is 0.259 e. The van der Waals surface area contributed by atoms with Crippen molar-refractivity contribution in [2.45, 2.75) is 39.7 Å². The van der Waals surface area contributed by atoms with Gasteiger partial charge in [-0.15, -0.1) is 0 Å². The van der Waals surface area contributed by atoms with Crippen molar-refractivity contribution in [3.63, 3.8) is 0 Å². The fraction of sp³-hybridized carbons (Fsp3) is 0.304. The number of anilines is 1. The molecule has 3 heterocycles. The van der Waals surface area contributed by atoms with E-state index in [1.165, 1.54) is 6.20 Å². The van der Waals surface area contributed by atoms with Crippen LogP contribution in [0.1, 0.15) is 62.6 Å². The molecule has 0 bridgehead atoms. The fourth-order valence-corrected chi connectivity index (χ4v) is 3.81. The lowest BCUT2D eigenvalue weighted by molar-refractivity contribution is 0.0727. The summed E-state index contributed by atoms with van der Waals surface area (Å²) in [6.07, 6.45) is 4.75. The van der Waals surface area contributed by atoms with E-state index in [4.69, 9.17) is 0 Å². The molecule has 4 rings (SSSR count). The summed E-state index contributed by atoms with van der Waals surface area (Å²) in [6, 6.07) is 9.00. The SMILES string of the molecule is Cc1ncc(C(=O)N2CCC[C@H]2c2ncc(C(=O)Nc3ccccc3)c(C)n2)c(C)n1. The maximum atomic E-state index is 13.2. The Labute approximate surface area is 180 Å². The van der Waals surface area contributed by atoms with E-state index in [0.717, 1.165) is 12.8 Å². The second kappa shape index (κ2) is 8.59. The number of nitrogens with one attached hydrogen (secondary N) is 1. The molecular weight excluding hydrogens is 392 g/mol. The van der Waals surface area contributed by atoms with Crippen LogP contribution in [-0.2, 0) is 0 Å². The van der Waals surface area contributed by atoms with Crippen molar-refractivity contribution < 1.29 is 9.59 Å². The quantitative estimate of drug-likeness (QED) is 0.699. The van der Waals surface area contributed by atoms with Gasteiger partial charge in [-0.3, -0.25) is 9.59 Å². The molecule has 0 radical (unpaired) electrons. The molecule has 1 aromatic carbocycles. The highest BCUT2D eigenvalue weighted by atomic mass is 16.2. The van der Waals surface area contributed by atoms with E-state index in [2.05, 4.69) is 25.3 Å². The largest absolute Gasteiger partial charge is 0.328 e. The Hall–Kier alpha value is -3.68. The number of carbonyl (C=O) groups excluding carboxylic acids is 2. The highest BCUT2D eigenvalue weighted by Gasteiger charge is 2.34. The molecule has 0 spiro atoms. The Bertz CT molecular complexity index is 1130. The van der Waals surface area contributed by atoms with Crippen LogP contribution in [0, 0.1) is 20.8 Å². The molecular formula is C23H24N6O2. The van der Waals surface area contributed by atoms with Crippen molar-refractivity contribution in [2.24, 2.45) is 0 Å². The zero-order valence-corrected chi connectivity index (χ0v) is 17.8. The summed E-state index contributed by atoms with van der Waals surface area (Å²) in [5, 5.41) is 2.85. The fourth-order valence-electron chi connectivity index (χ4n) is 3.81. The molecule has 8 heteroatoms. The highest BCUT2D eigenvalue weighted by Crippen LogP contribution is 2.31. The highest BCUT2D eigenvalue weighted by molar-refractivity contribution is 6.04. The first kappa shape index (κ1) is 20.6. The van der Waals surface area contributed by atoms with Gasteiger partial charge in [-0.1, -0.05) is 18.2 Å². The molecule has 1 aliphatic heterocycles. The van der Waals surface area contributed by atoms with Crippen LogP contribution >= 0.6 is 0 Å². The zero-order chi connectivity index (χ0) is 22.0. The molecule has 1 atom stereocenters. The summed E-state index contributed by atoms with van der Waals surface area (Å²) >= 11 is 0. The summed E-state index contributed by atoms with van der Waals surface area (Å²) < 4.78 is 0. The van der Waals surface area contributed by atoms with Crippen LogP contribution in [0.15, 0.2) is 42.7 Å². The van der Waals surface area contributed by atoms with E-state index in [0.29, 0.717) is 46.4 Å². The summed E-state index contributed by atoms with van der Waals surface area (Å²) in [6.45, 7) is 6.01. The van der Waals surface area contributed by atoms with Gasteiger partial charge in [0.25, 0.3) is 11.8 Å². The van der Waals surface area contributed by atoms with Gasteiger partial charge in [0.2, 0.25) is 0 Å². The Morgan fingerprint density at radius 3 is 2.39 bits per heavy atom. The van der Waals surface area contributed by atoms with Gasteiger partial charge in [-0.05, 0) is 45.7 Å². The average Bonchev–Trinajstić information content (AvgIpc) is 3.24. The Morgan fingerprint density at radius 2 is 1.68 bits per heavy atom. The van der Waals surface area contributed by atoms with E-state index in [9.17, 15) is 9.59 Å². The molecule has 31 heavy (non-hydrogen) atoms. The van der Waals surface area contributed by atoms with Crippen LogP contribution in [0.4, 0.5) is 5.69 Å². The van der Waals surface area contributed by atoms with Crippen LogP contribution < -0.4 is 5.32 Å². The molecule has 2 aromatic heterocycles. The predicted octanol–water partition coefficient (Wildman–Crippen LogP) is 3.42. The lowest BCUT2D eigenvalue weighted by Gasteiger charge is -2.24. The lowest BCUT2D eigenvalue weighted by atomic mass is 10.1. The molecule has 1 saturated heterocycles. The van der Waals surface area contributed by atoms with Crippen molar-refractivity contribution in [3.05, 3.63) is 76.9 Å². The Morgan fingerprint density at radius 1 is 0.968 bits per heavy atom. The topological polar surface area (TPSA) is 101 Å². The van der Waals surface area contributed by atoms with Crippen molar-refractivity contribution >= 4 is 17.5 Å². The van der Waals surface area contributed by atoms with Crippen LogP contribution in [0.3, 0.4) is 0 Å². The molecule has 8 nitrogen and oxygen atoms in total. The van der Waals surface area contributed by atoms with E-state index in [1.54, 1.807) is 24.9 Å². The Balaban J connectivity index is 1.55. The van der Waals surface area contributed by atoms with Gasteiger partial charge < -0.3 is 10.2 Å². The average molecular weight is 416 g/mol. The van der Waals surface area contributed by atoms with Crippen molar-refractivity contribution in [1.29, 1.82) is 0 Å². The second-order valence-electron chi connectivity index (χ2n) is 7.62. The number of para-hydroxylation sites is 1. The minimum Gasteiger partial charge on any atom is -0.328 e. The molecule has 0 unspecified atom stereocenters. The van der Waals surface area contributed by atoms with Crippen LogP contribution in [0.2, 0.25) is 0 Å². The third kappa shape index (κ3) is 4.28. The van der Waals surface area contributed by atoms with E-state index in [1.807, 2.05) is 37.3 Å². The molecule has 158 valence electrons. The van der Waals surface area contributed by atoms with Crippen molar-refractivity contribution in [1.82, 2.24) is 24.8 Å². The number of nitrogens with zero attached hydrogens (tertiary/aromatic N) is 5. The third-order valence-corrected chi connectivity index (χ3v) is 5.42. The van der Waals surface area contributed by atoms with Gasteiger partial charge in [0.1, 0.15) is 5.82 Å². The maximum absolute atomic E-state index is 13.2. The van der Waals surface area contributed by atoms with Crippen molar-refractivity contribution in [2.75, 3.05) is 11.9 Å². The summed E-state index contributed by atoms with van der Waals surface area (Å²) in [5.41, 5.74) is 2.85. The smallest absolute Gasteiger partial charge is 0.259 e. The van der Waals surface area contributed by atoms with Gasteiger partial charge in [0.05, 0.1) is 28.6 Å². The number of carbonyl (C=O) groups is 2. The first-order valence-corrected chi connectivity index (χ1v) is 10.2. The minimum atomic E-state index is -0.262. The van der Waals surface area contributed by atoms with E-state index < -0.39 is 0 Å². The molecule has 1 fully saturated rings. The number of rotatable bonds is 4. The lowest BCUT2D eigenvalue weighted by Crippen LogP contribution is -2.32. The van der Waals surface area contributed by atoms with Gasteiger partial charge >= 0.3 is 0 Å². The molecule has 1 aliphatic rings. The summed E-state index contributed by atoms with van der Waals surface area (Å²) in [4.78, 5) is 45.1. The molecule has 0 aliphatic carbocycles. The number of hydrogen-bond acceptors (Lipinski definition) is 6. The normalized spacial score (nSPS) is 15.7. The molecule has 2 amide bonds. The standard InChI is InChI=1S/C23H24N6O2/c1-14-18(22(30)28-17-8-5-4-6-9-17)12-25-21(27-14)20-10-7-11-29(20)23(31)19-13-24-16(3)26-15(19)2/h4-6,8-9,12-13,20H,7,10-11H2,1-3H3,(H,28,30)/t20-/m0/s1. The van der Waals surface area contributed by atoms with Crippen LogP contribution in [0.25, 0.3) is 0 Å². The van der Waals surface area contributed by atoms with Gasteiger partial charge in [0.15, 0.2) is 5.82 Å². The van der Waals surface area contributed by atoms with Gasteiger partial charge in [-0.2, -0.15) is 0 Å². The number of likely N-dealkylation sites (tertiary alicyclic amines) is 1. The minimum absolute atomic E-state index is 0.118.